The maximum atomic E-state index is 5.93. The summed E-state index contributed by atoms with van der Waals surface area (Å²) in [5.74, 6) is 2.67. The summed E-state index contributed by atoms with van der Waals surface area (Å²) in [5.41, 5.74) is 0. The topological polar surface area (TPSA) is 39.7 Å². The average Bonchev–Trinajstić information content (AvgIpc) is 2.38. The third-order valence-corrected chi connectivity index (χ3v) is 2.69. The monoisotopic (exact) mass is 267 g/mol. The minimum Gasteiger partial charge on any atom is -0.493 e. The highest BCUT2D eigenvalue weighted by molar-refractivity contribution is 5.51. The van der Waals surface area contributed by atoms with E-state index in [9.17, 15) is 0 Å². The van der Waals surface area contributed by atoms with Crippen molar-refractivity contribution in [1.29, 1.82) is 0 Å². The zero-order valence-electron chi connectivity index (χ0n) is 12.5. The first kappa shape index (κ1) is 15.6. The molecular weight excluding hydrogens is 242 g/mol. The van der Waals surface area contributed by atoms with Gasteiger partial charge in [0.05, 0.1) is 14.2 Å². The molecule has 4 nitrogen and oxygen atoms in total. The Bertz CT molecular complexity index is 357. The van der Waals surface area contributed by atoms with Crippen LogP contribution in [0, 0.1) is 5.92 Å². The molecule has 0 aromatic heterocycles. The molecule has 0 radical (unpaired) electrons. The second-order valence-electron chi connectivity index (χ2n) is 4.97. The summed E-state index contributed by atoms with van der Waals surface area (Å²) < 4.78 is 16.5. The molecule has 4 heteroatoms. The van der Waals surface area contributed by atoms with Crippen LogP contribution in [0.15, 0.2) is 18.2 Å². The highest BCUT2D eigenvalue weighted by Gasteiger charge is 2.14. The first-order chi connectivity index (χ1) is 9.08. The van der Waals surface area contributed by atoms with Gasteiger partial charge in [0.15, 0.2) is 11.5 Å². The number of para-hydroxylation sites is 1. The van der Waals surface area contributed by atoms with Gasteiger partial charge < -0.3 is 19.5 Å². The lowest BCUT2D eigenvalue weighted by Crippen LogP contribution is -2.31. The Hall–Kier alpha value is -1.42. The summed E-state index contributed by atoms with van der Waals surface area (Å²) in [6.07, 6.45) is 0.0453. The van der Waals surface area contributed by atoms with Crippen LogP contribution in [0.4, 0.5) is 0 Å². The van der Waals surface area contributed by atoms with Gasteiger partial charge >= 0.3 is 0 Å². The van der Waals surface area contributed by atoms with E-state index in [1.54, 1.807) is 14.2 Å². The van der Waals surface area contributed by atoms with E-state index < -0.39 is 0 Å². The molecule has 1 rings (SSSR count). The Morgan fingerprint density at radius 3 is 2.05 bits per heavy atom. The molecule has 108 valence electrons. The molecule has 0 fully saturated rings. The van der Waals surface area contributed by atoms with E-state index in [0.29, 0.717) is 23.2 Å². The molecule has 19 heavy (non-hydrogen) atoms. The minimum absolute atomic E-state index is 0.0453. The molecule has 0 spiro atoms. The average molecular weight is 267 g/mol. The number of benzene rings is 1. The fourth-order valence-corrected chi connectivity index (χ4v) is 1.75. The molecule has 0 saturated carbocycles. The van der Waals surface area contributed by atoms with Gasteiger partial charge in [-0.2, -0.15) is 0 Å². The van der Waals surface area contributed by atoms with E-state index in [1.807, 2.05) is 25.1 Å². The first-order valence-corrected chi connectivity index (χ1v) is 6.66. The molecule has 0 aliphatic carbocycles. The van der Waals surface area contributed by atoms with Crippen LogP contribution in [0.5, 0.6) is 17.2 Å². The third-order valence-electron chi connectivity index (χ3n) is 2.69. The van der Waals surface area contributed by atoms with Crippen molar-refractivity contribution in [2.24, 2.45) is 5.92 Å². The van der Waals surface area contributed by atoms with E-state index >= 15 is 0 Å². The van der Waals surface area contributed by atoms with Crippen LogP contribution in [0.25, 0.3) is 0 Å². The van der Waals surface area contributed by atoms with Crippen LogP contribution >= 0.6 is 0 Å². The number of rotatable bonds is 8. The van der Waals surface area contributed by atoms with Crippen LogP contribution in [0.2, 0.25) is 0 Å². The Kier molecular flexibility index (Phi) is 6.50. The van der Waals surface area contributed by atoms with Gasteiger partial charge in [-0.25, -0.2) is 0 Å². The van der Waals surface area contributed by atoms with Crippen molar-refractivity contribution in [1.82, 2.24) is 5.32 Å². The van der Waals surface area contributed by atoms with E-state index in [4.69, 9.17) is 14.2 Å². The van der Waals surface area contributed by atoms with Crippen molar-refractivity contribution in [2.75, 3.05) is 27.3 Å². The number of ether oxygens (including phenoxy) is 3. The van der Waals surface area contributed by atoms with Crippen LogP contribution in [0.1, 0.15) is 20.8 Å². The lowest BCUT2D eigenvalue weighted by Gasteiger charge is -2.19. The zero-order valence-corrected chi connectivity index (χ0v) is 12.5. The standard InChI is InChI=1S/C15H25NO3/c1-11(2)9-16-10-12(3)19-15-13(17-4)7-6-8-14(15)18-5/h6-8,11-12,16H,9-10H2,1-5H3. The van der Waals surface area contributed by atoms with Gasteiger partial charge in [-0.05, 0) is 31.5 Å². The first-order valence-electron chi connectivity index (χ1n) is 6.66. The van der Waals surface area contributed by atoms with Crippen LogP contribution in [-0.4, -0.2) is 33.4 Å². The van der Waals surface area contributed by atoms with Crippen LogP contribution < -0.4 is 19.5 Å². The Morgan fingerprint density at radius 2 is 1.58 bits per heavy atom. The largest absolute Gasteiger partial charge is 0.493 e. The van der Waals surface area contributed by atoms with Crippen molar-refractivity contribution in [3.63, 3.8) is 0 Å². The summed E-state index contributed by atoms with van der Waals surface area (Å²) in [4.78, 5) is 0. The van der Waals surface area contributed by atoms with Gasteiger partial charge in [-0.1, -0.05) is 19.9 Å². The molecule has 1 aromatic rings. The zero-order chi connectivity index (χ0) is 14.3. The van der Waals surface area contributed by atoms with E-state index in [1.165, 1.54) is 0 Å². The quantitative estimate of drug-likeness (QED) is 0.786. The molecule has 1 unspecified atom stereocenters. The number of hydrogen-bond donors (Lipinski definition) is 1. The fraction of sp³-hybridized carbons (Fsp3) is 0.600. The lowest BCUT2D eigenvalue weighted by molar-refractivity contribution is 0.197. The molecule has 1 aromatic carbocycles. The van der Waals surface area contributed by atoms with Gasteiger partial charge in [-0.3, -0.25) is 0 Å². The molecule has 1 atom stereocenters. The third kappa shape index (κ3) is 4.99. The van der Waals surface area contributed by atoms with Crippen molar-refractivity contribution >= 4 is 0 Å². The lowest BCUT2D eigenvalue weighted by atomic mass is 10.2. The van der Waals surface area contributed by atoms with E-state index in [0.717, 1.165) is 13.1 Å². The summed E-state index contributed by atoms with van der Waals surface area (Å²) in [7, 11) is 3.26. The number of hydrogen-bond acceptors (Lipinski definition) is 4. The Morgan fingerprint density at radius 1 is 1.00 bits per heavy atom. The second-order valence-corrected chi connectivity index (χ2v) is 4.97. The molecule has 0 heterocycles. The highest BCUT2D eigenvalue weighted by atomic mass is 16.5. The van der Waals surface area contributed by atoms with Crippen LogP contribution in [-0.2, 0) is 0 Å². The predicted octanol–water partition coefficient (Wildman–Crippen LogP) is 2.72. The smallest absolute Gasteiger partial charge is 0.203 e. The summed E-state index contributed by atoms with van der Waals surface area (Å²) in [6, 6.07) is 5.62. The molecule has 0 amide bonds. The van der Waals surface area contributed by atoms with Crippen molar-refractivity contribution < 1.29 is 14.2 Å². The maximum Gasteiger partial charge on any atom is 0.203 e. The second kappa shape index (κ2) is 7.89. The molecule has 0 aliphatic heterocycles. The SMILES string of the molecule is COc1cccc(OC)c1OC(C)CNCC(C)C. The molecule has 0 aliphatic rings. The molecule has 0 bridgehead atoms. The van der Waals surface area contributed by atoms with Crippen molar-refractivity contribution in [2.45, 2.75) is 26.9 Å². The van der Waals surface area contributed by atoms with Gasteiger partial charge in [0.2, 0.25) is 5.75 Å². The normalized spacial score (nSPS) is 12.3. The van der Waals surface area contributed by atoms with Gasteiger partial charge in [-0.15, -0.1) is 0 Å². The van der Waals surface area contributed by atoms with E-state index in [2.05, 4.69) is 19.2 Å². The Labute approximate surface area is 116 Å². The fourth-order valence-electron chi connectivity index (χ4n) is 1.75. The Balaban J connectivity index is 2.64. The van der Waals surface area contributed by atoms with E-state index in [-0.39, 0.29) is 6.10 Å². The van der Waals surface area contributed by atoms with Crippen LogP contribution in [0.3, 0.4) is 0 Å². The maximum absolute atomic E-state index is 5.93. The summed E-state index contributed by atoms with van der Waals surface area (Å²) in [5, 5.41) is 3.37. The summed E-state index contributed by atoms with van der Waals surface area (Å²) >= 11 is 0. The minimum atomic E-state index is 0.0453. The van der Waals surface area contributed by atoms with Gasteiger partial charge in [0.1, 0.15) is 6.10 Å². The summed E-state index contributed by atoms with van der Waals surface area (Å²) in [6.45, 7) is 8.17. The van der Waals surface area contributed by atoms with Crippen molar-refractivity contribution in [3.05, 3.63) is 18.2 Å². The van der Waals surface area contributed by atoms with Crippen molar-refractivity contribution in [3.8, 4) is 17.2 Å². The number of methoxy groups -OCH3 is 2. The highest BCUT2D eigenvalue weighted by Crippen LogP contribution is 2.37. The van der Waals surface area contributed by atoms with Gasteiger partial charge in [0.25, 0.3) is 0 Å². The van der Waals surface area contributed by atoms with Gasteiger partial charge in [0, 0.05) is 6.54 Å². The molecular formula is C15H25NO3. The molecule has 1 N–H and O–H groups in total. The molecule has 0 saturated heterocycles. The number of nitrogens with one attached hydrogen (secondary N) is 1. The predicted molar refractivity (Wildman–Crippen MR) is 77.3 cm³/mol.